The minimum Gasteiger partial charge on any atom is -0.241 e. The number of hydrogen-bond acceptors (Lipinski definition) is 2. The van der Waals surface area contributed by atoms with Crippen molar-refractivity contribution in [2.75, 3.05) is 0 Å². The average Bonchev–Trinajstić information content (AvgIpc) is 2.51. The molecule has 132 valence electrons. The van der Waals surface area contributed by atoms with Gasteiger partial charge in [-0.15, -0.1) is 0 Å². The molecule has 2 unspecified atom stereocenters. The predicted molar refractivity (Wildman–Crippen MR) is 108 cm³/mol. The van der Waals surface area contributed by atoms with Crippen LogP contribution < -0.4 is 0 Å². The highest BCUT2D eigenvalue weighted by molar-refractivity contribution is 7.97. The van der Waals surface area contributed by atoms with Gasteiger partial charge in [-0.3, -0.25) is 0 Å². The molecule has 0 spiro atoms. The molecule has 23 heavy (non-hydrogen) atoms. The summed E-state index contributed by atoms with van der Waals surface area (Å²) in [5.41, 5.74) is 0. The van der Waals surface area contributed by atoms with Gasteiger partial charge in [-0.1, -0.05) is 84.7 Å². The molecule has 0 saturated carbocycles. The Balaban J connectivity index is 3.23. The lowest BCUT2D eigenvalue weighted by Crippen LogP contribution is -2.34. The van der Waals surface area contributed by atoms with Crippen LogP contribution in [-0.4, -0.2) is 16.4 Å². The van der Waals surface area contributed by atoms with Crippen LogP contribution in [0.2, 0.25) is 25.1 Å². The smallest absolute Gasteiger partial charge is 0.0809 e. The summed E-state index contributed by atoms with van der Waals surface area (Å²) in [6.45, 7) is 8.78. The number of rotatable bonds is 8. The van der Waals surface area contributed by atoms with E-state index in [1.165, 1.54) is 11.9 Å². The quantitative estimate of drug-likeness (QED) is 0.227. The molecule has 0 saturated heterocycles. The van der Waals surface area contributed by atoms with E-state index >= 15 is 0 Å². The molecule has 0 aromatic heterocycles. The zero-order valence-electron chi connectivity index (χ0n) is 13.7. The average molecular weight is 438 g/mol. The van der Waals surface area contributed by atoms with Crippen LogP contribution in [0.1, 0.15) is 53.4 Å². The van der Waals surface area contributed by atoms with Crippen molar-refractivity contribution in [2.45, 2.75) is 70.4 Å². The van der Waals surface area contributed by atoms with Crippen LogP contribution in [-0.2, 0) is 0 Å². The third kappa shape index (κ3) is 5.48. The van der Waals surface area contributed by atoms with Crippen LogP contribution in [0.15, 0.2) is 4.90 Å². The maximum atomic E-state index is 6.38. The zero-order chi connectivity index (χ0) is 17.7. The Hall–Kier alpha value is 0.980. The minimum atomic E-state index is 0.197. The molecule has 0 amide bonds. The van der Waals surface area contributed by atoms with E-state index in [2.05, 4.69) is 32.0 Å². The lowest BCUT2D eigenvalue weighted by Gasteiger charge is -2.34. The highest BCUT2D eigenvalue weighted by atomic mass is 35.5. The van der Waals surface area contributed by atoms with Crippen molar-refractivity contribution >= 4 is 70.0 Å². The lowest BCUT2D eigenvalue weighted by molar-refractivity contribution is 0.275. The van der Waals surface area contributed by atoms with Gasteiger partial charge < -0.3 is 0 Å². The van der Waals surface area contributed by atoms with Crippen LogP contribution in [0.5, 0.6) is 0 Å². The number of hydrogen-bond donors (Lipinski definition) is 0. The summed E-state index contributed by atoms with van der Waals surface area (Å²) in [5, 5.41) is 1.40. The molecule has 1 aromatic carbocycles. The molecule has 1 rings (SSSR count). The largest absolute Gasteiger partial charge is 0.241 e. The molecule has 0 fully saturated rings. The maximum Gasteiger partial charge on any atom is 0.0809 e. The van der Waals surface area contributed by atoms with Gasteiger partial charge in [0.1, 0.15) is 0 Å². The van der Waals surface area contributed by atoms with Crippen LogP contribution in [0, 0.1) is 0 Å². The fourth-order valence-corrected chi connectivity index (χ4v) is 5.08. The van der Waals surface area contributed by atoms with Gasteiger partial charge in [-0.25, -0.2) is 4.31 Å². The topological polar surface area (TPSA) is 3.24 Å². The van der Waals surface area contributed by atoms with Crippen molar-refractivity contribution < 1.29 is 0 Å². The highest BCUT2D eigenvalue weighted by Crippen LogP contribution is 2.49. The number of nitrogens with zero attached hydrogens (tertiary/aromatic N) is 1. The molecule has 0 aliphatic heterocycles. The molecular weight excluding hydrogens is 416 g/mol. The van der Waals surface area contributed by atoms with E-state index in [-0.39, 0.29) is 15.1 Å². The van der Waals surface area contributed by atoms with Crippen molar-refractivity contribution in [1.82, 2.24) is 4.31 Å². The van der Waals surface area contributed by atoms with Gasteiger partial charge in [0.05, 0.1) is 30.0 Å². The molecule has 2 atom stereocenters. The summed E-state index contributed by atoms with van der Waals surface area (Å²) in [4.78, 5) is 0.665. The summed E-state index contributed by atoms with van der Waals surface area (Å²) in [6, 6.07) is 0.763. The molecule has 0 radical (unpaired) electrons. The molecule has 7 heteroatoms. The molecular formula is C16H22Cl5NS. The summed E-state index contributed by atoms with van der Waals surface area (Å²) in [6.07, 6.45) is 4.40. The first kappa shape index (κ1) is 22.0. The Bertz CT molecular complexity index is 497. The van der Waals surface area contributed by atoms with Gasteiger partial charge in [0.25, 0.3) is 0 Å². The van der Waals surface area contributed by atoms with Gasteiger partial charge in [-0.2, -0.15) is 0 Å². The van der Waals surface area contributed by atoms with Crippen LogP contribution in [0.25, 0.3) is 0 Å². The Morgan fingerprint density at radius 2 is 1.09 bits per heavy atom. The van der Waals surface area contributed by atoms with Crippen LogP contribution in [0.3, 0.4) is 0 Å². The van der Waals surface area contributed by atoms with E-state index in [1.807, 2.05) is 0 Å². The van der Waals surface area contributed by atoms with Crippen molar-refractivity contribution in [3.8, 4) is 0 Å². The summed E-state index contributed by atoms with van der Waals surface area (Å²) in [5.74, 6) is 0. The second-order valence-corrected chi connectivity index (χ2v) is 8.53. The van der Waals surface area contributed by atoms with Gasteiger partial charge in [0.15, 0.2) is 0 Å². The maximum absolute atomic E-state index is 6.38. The molecule has 0 bridgehead atoms. The Kier molecular flexibility index (Phi) is 9.77. The van der Waals surface area contributed by atoms with E-state index in [0.29, 0.717) is 27.0 Å². The molecule has 0 N–H and O–H groups in total. The monoisotopic (exact) mass is 435 g/mol. The van der Waals surface area contributed by atoms with E-state index < -0.39 is 0 Å². The van der Waals surface area contributed by atoms with Crippen molar-refractivity contribution in [3.05, 3.63) is 25.1 Å². The van der Waals surface area contributed by atoms with Gasteiger partial charge in [0, 0.05) is 12.1 Å². The van der Waals surface area contributed by atoms with Crippen molar-refractivity contribution in [1.29, 1.82) is 0 Å². The summed E-state index contributed by atoms with van der Waals surface area (Å²) < 4.78 is 2.33. The normalized spacial score (nSPS) is 14.3. The predicted octanol–water partition coefficient (Wildman–Crippen LogP) is 8.64. The third-order valence-corrected chi connectivity index (χ3v) is 7.67. The van der Waals surface area contributed by atoms with E-state index in [0.717, 1.165) is 25.7 Å². The SMILES string of the molecule is CCCC(C)N(Sc1c(Cl)c(Cl)c(Cl)c(Cl)c1Cl)C(C)CCC. The van der Waals surface area contributed by atoms with Crippen LogP contribution in [0.4, 0.5) is 0 Å². The Morgan fingerprint density at radius 3 is 1.43 bits per heavy atom. The van der Waals surface area contributed by atoms with Gasteiger partial charge in [0.2, 0.25) is 0 Å². The first-order valence-electron chi connectivity index (χ1n) is 7.73. The Morgan fingerprint density at radius 1 is 0.739 bits per heavy atom. The van der Waals surface area contributed by atoms with Crippen molar-refractivity contribution in [3.63, 3.8) is 0 Å². The number of benzene rings is 1. The number of halogens is 5. The van der Waals surface area contributed by atoms with Crippen LogP contribution >= 0.6 is 70.0 Å². The fourth-order valence-electron chi connectivity index (χ4n) is 2.47. The van der Waals surface area contributed by atoms with E-state index in [9.17, 15) is 0 Å². The summed E-state index contributed by atoms with van der Waals surface area (Å²) in [7, 11) is 0. The molecule has 0 aliphatic rings. The summed E-state index contributed by atoms with van der Waals surface area (Å²) >= 11 is 32.7. The first-order valence-corrected chi connectivity index (χ1v) is 10.4. The second kappa shape index (κ2) is 10.2. The fraction of sp³-hybridized carbons (Fsp3) is 0.625. The zero-order valence-corrected chi connectivity index (χ0v) is 18.3. The lowest BCUT2D eigenvalue weighted by atomic mass is 10.1. The highest BCUT2D eigenvalue weighted by Gasteiger charge is 2.26. The van der Waals surface area contributed by atoms with Gasteiger partial charge >= 0.3 is 0 Å². The third-order valence-electron chi connectivity index (χ3n) is 3.65. The molecule has 1 aromatic rings. The molecule has 0 aliphatic carbocycles. The molecule has 1 nitrogen and oxygen atoms in total. The van der Waals surface area contributed by atoms with Crippen molar-refractivity contribution in [2.24, 2.45) is 0 Å². The van der Waals surface area contributed by atoms with E-state index in [4.69, 9.17) is 58.0 Å². The standard InChI is InChI=1S/C16H22Cl5NS/c1-5-7-9(3)22(10(4)8-6-2)23-16-14(20)12(18)11(17)13(19)15(16)21/h9-10H,5-8H2,1-4H3. The second-order valence-electron chi connectivity index (χ2n) is 5.63. The first-order chi connectivity index (χ1) is 10.8. The minimum absolute atomic E-state index is 0.197. The molecule has 0 heterocycles. The Labute approximate surface area is 169 Å². The van der Waals surface area contributed by atoms with Gasteiger partial charge in [-0.05, 0) is 38.6 Å². The van der Waals surface area contributed by atoms with E-state index in [1.54, 1.807) is 0 Å².